The first-order valence-corrected chi connectivity index (χ1v) is 12.2. The minimum Gasteiger partial charge on any atom is -0.393 e. The lowest BCUT2D eigenvalue weighted by Crippen LogP contribution is -2.51. The molecule has 0 radical (unpaired) electrons. The summed E-state index contributed by atoms with van der Waals surface area (Å²) >= 11 is 0. The molecule has 3 nitrogen and oxygen atoms in total. The monoisotopic (exact) mass is 379 g/mol. The Morgan fingerprint density at radius 3 is 2.73 bits per heavy atom. The van der Waals surface area contributed by atoms with E-state index >= 15 is 0 Å². The topological polar surface area (TPSA) is 63.3 Å². The molecule has 8 atom stereocenters. The summed E-state index contributed by atoms with van der Waals surface area (Å²) < 4.78 is 12.6. The first-order chi connectivity index (χ1) is 12.4. The Kier molecular flexibility index (Phi) is 5.16. The third-order valence-corrected chi connectivity index (χ3v) is 10.6. The zero-order valence-corrected chi connectivity index (χ0v) is 17.4. The molecule has 0 aliphatic heterocycles. The Balaban J connectivity index is 1.55. The molecule has 0 bridgehead atoms. The normalized spacial score (nSPS) is 48.9. The van der Waals surface area contributed by atoms with Gasteiger partial charge < -0.3 is 10.8 Å². The molecule has 4 aliphatic rings. The van der Waals surface area contributed by atoms with Crippen molar-refractivity contribution in [2.24, 2.45) is 34.3 Å². The second-order valence-corrected chi connectivity index (χ2v) is 11.7. The highest BCUT2D eigenvalue weighted by molar-refractivity contribution is 7.85. The average molecular weight is 380 g/mol. The van der Waals surface area contributed by atoms with Crippen molar-refractivity contribution in [3.05, 3.63) is 11.6 Å². The molecular weight excluding hydrogens is 342 g/mol. The Hall–Kier alpha value is -0.190. The van der Waals surface area contributed by atoms with Crippen LogP contribution in [0.15, 0.2) is 11.6 Å². The molecule has 0 heterocycles. The SMILES string of the molecule is C[C@]12CC[C@@H](S(=O)CCCN)C=C1CCC1C2CC[C@@]2(C)C1CC[C@@H]2O. The van der Waals surface area contributed by atoms with Gasteiger partial charge in [-0.05, 0) is 92.9 Å². The third-order valence-electron chi connectivity index (χ3n) is 8.91. The van der Waals surface area contributed by atoms with Crippen LogP contribution in [0.5, 0.6) is 0 Å². The molecule has 0 aromatic rings. The van der Waals surface area contributed by atoms with Crippen LogP contribution in [0.3, 0.4) is 0 Å². The number of fused-ring (bicyclic) bond motifs is 5. The smallest absolute Gasteiger partial charge is 0.0596 e. The number of nitrogens with two attached hydrogens (primary N) is 1. The van der Waals surface area contributed by atoms with E-state index in [-0.39, 0.29) is 16.8 Å². The fraction of sp³-hybridized carbons (Fsp3) is 0.909. The fourth-order valence-electron chi connectivity index (χ4n) is 7.25. The number of allylic oxidation sites excluding steroid dienone is 1. The van der Waals surface area contributed by atoms with E-state index in [1.807, 2.05) is 0 Å². The molecule has 0 amide bonds. The van der Waals surface area contributed by atoms with E-state index in [0.717, 1.165) is 36.9 Å². The molecule has 3 N–H and O–H groups in total. The van der Waals surface area contributed by atoms with E-state index in [1.165, 1.54) is 38.5 Å². The van der Waals surface area contributed by atoms with Crippen molar-refractivity contribution in [1.29, 1.82) is 0 Å². The van der Waals surface area contributed by atoms with Crippen LogP contribution in [0.25, 0.3) is 0 Å². The van der Waals surface area contributed by atoms with Crippen LogP contribution in [-0.4, -0.2) is 33.0 Å². The Labute approximate surface area is 161 Å². The van der Waals surface area contributed by atoms with E-state index < -0.39 is 10.8 Å². The lowest BCUT2D eigenvalue weighted by Gasteiger charge is -2.58. The molecule has 4 unspecified atom stereocenters. The number of aliphatic hydroxyl groups is 1. The molecular formula is C22H37NO2S. The van der Waals surface area contributed by atoms with Crippen LogP contribution in [-0.2, 0) is 10.8 Å². The zero-order chi connectivity index (χ0) is 18.5. The van der Waals surface area contributed by atoms with Crippen LogP contribution in [0, 0.1) is 28.6 Å². The van der Waals surface area contributed by atoms with E-state index in [2.05, 4.69) is 19.9 Å². The molecule has 4 aliphatic carbocycles. The van der Waals surface area contributed by atoms with Gasteiger partial charge in [-0.2, -0.15) is 0 Å². The van der Waals surface area contributed by atoms with Gasteiger partial charge >= 0.3 is 0 Å². The van der Waals surface area contributed by atoms with Crippen molar-refractivity contribution in [1.82, 2.24) is 0 Å². The highest BCUT2D eigenvalue weighted by atomic mass is 32.2. The zero-order valence-electron chi connectivity index (χ0n) is 16.6. The number of rotatable bonds is 4. The summed E-state index contributed by atoms with van der Waals surface area (Å²) in [6.45, 7) is 5.50. The Morgan fingerprint density at radius 1 is 1.15 bits per heavy atom. The van der Waals surface area contributed by atoms with E-state index in [1.54, 1.807) is 5.57 Å². The third kappa shape index (κ3) is 2.86. The summed E-state index contributed by atoms with van der Waals surface area (Å²) in [6, 6.07) is 0. The molecule has 26 heavy (non-hydrogen) atoms. The lowest BCUT2D eigenvalue weighted by molar-refractivity contribution is -0.0735. The van der Waals surface area contributed by atoms with Gasteiger partial charge in [-0.15, -0.1) is 0 Å². The van der Waals surface area contributed by atoms with Crippen molar-refractivity contribution in [3.63, 3.8) is 0 Å². The molecule has 0 aromatic carbocycles. The highest BCUT2D eigenvalue weighted by Crippen LogP contribution is 2.65. The molecule has 3 fully saturated rings. The molecule has 3 saturated carbocycles. The van der Waals surface area contributed by atoms with Crippen LogP contribution in [0.4, 0.5) is 0 Å². The lowest BCUT2D eigenvalue weighted by atomic mass is 9.47. The van der Waals surface area contributed by atoms with Gasteiger partial charge in [0.1, 0.15) is 0 Å². The first-order valence-electron chi connectivity index (χ1n) is 10.9. The molecule has 0 aromatic heterocycles. The summed E-state index contributed by atoms with van der Waals surface area (Å²) in [5.41, 5.74) is 7.69. The van der Waals surface area contributed by atoms with Crippen molar-refractivity contribution in [2.45, 2.75) is 83.0 Å². The van der Waals surface area contributed by atoms with Crippen molar-refractivity contribution in [2.75, 3.05) is 12.3 Å². The van der Waals surface area contributed by atoms with Gasteiger partial charge in [-0.1, -0.05) is 25.5 Å². The second kappa shape index (κ2) is 7.00. The summed E-state index contributed by atoms with van der Waals surface area (Å²) in [6.07, 6.45) is 12.6. The standard InChI is InChI=1S/C22H37NO2S/c1-21-10-8-16(26(25)13-3-12-23)14-15(21)4-5-17-18-6-7-20(24)22(18,2)11-9-19(17)21/h14,16-20,24H,3-13,23H2,1-2H3/t16-,17?,18?,19?,20+,21+,22+,26?/m1/s1. The van der Waals surface area contributed by atoms with Crippen LogP contribution >= 0.6 is 0 Å². The quantitative estimate of drug-likeness (QED) is 0.731. The number of hydrogen-bond donors (Lipinski definition) is 2. The maximum absolute atomic E-state index is 12.6. The van der Waals surface area contributed by atoms with Gasteiger partial charge in [0.2, 0.25) is 0 Å². The van der Waals surface area contributed by atoms with E-state index in [4.69, 9.17) is 5.73 Å². The Morgan fingerprint density at radius 2 is 1.96 bits per heavy atom. The van der Waals surface area contributed by atoms with Crippen LogP contribution < -0.4 is 5.73 Å². The minimum atomic E-state index is -0.755. The molecule has 0 spiro atoms. The largest absolute Gasteiger partial charge is 0.393 e. The van der Waals surface area contributed by atoms with Gasteiger partial charge in [0.05, 0.1) is 11.4 Å². The fourth-order valence-corrected chi connectivity index (χ4v) is 8.70. The van der Waals surface area contributed by atoms with Crippen LogP contribution in [0.1, 0.15) is 71.6 Å². The number of hydrogen-bond acceptors (Lipinski definition) is 3. The summed E-state index contributed by atoms with van der Waals surface area (Å²) in [5, 5.41) is 10.8. The minimum absolute atomic E-state index is 0.0844. The maximum atomic E-state index is 12.6. The second-order valence-electron chi connectivity index (χ2n) is 9.97. The summed E-state index contributed by atoms with van der Waals surface area (Å²) in [7, 11) is -0.755. The summed E-state index contributed by atoms with van der Waals surface area (Å²) in [5.74, 6) is 3.02. The highest BCUT2D eigenvalue weighted by Gasteiger charge is 2.58. The molecule has 4 heteroatoms. The van der Waals surface area contributed by atoms with Gasteiger partial charge in [0, 0.05) is 16.6 Å². The van der Waals surface area contributed by atoms with Gasteiger partial charge in [-0.3, -0.25) is 4.21 Å². The summed E-state index contributed by atoms with van der Waals surface area (Å²) in [4.78, 5) is 0. The molecule has 0 saturated heterocycles. The van der Waals surface area contributed by atoms with Crippen molar-refractivity contribution in [3.8, 4) is 0 Å². The Bertz CT molecular complexity index is 605. The first kappa shape index (κ1) is 19.1. The van der Waals surface area contributed by atoms with Gasteiger partial charge in [-0.25, -0.2) is 0 Å². The van der Waals surface area contributed by atoms with E-state index in [0.29, 0.717) is 17.9 Å². The van der Waals surface area contributed by atoms with Crippen molar-refractivity contribution >= 4 is 10.8 Å². The maximum Gasteiger partial charge on any atom is 0.0596 e. The van der Waals surface area contributed by atoms with Crippen molar-refractivity contribution < 1.29 is 9.32 Å². The molecule has 4 rings (SSSR count). The van der Waals surface area contributed by atoms with E-state index in [9.17, 15) is 9.32 Å². The average Bonchev–Trinajstić information content (AvgIpc) is 2.94. The predicted octanol–water partition coefficient (Wildman–Crippen LogP) is 3.78. The van der Waals surface area contributed by atoms with Crippen LogP contribution in [0.2, 0.25) is 0 Å². The predicted molar refractivity (Wildman–Crippen MR) is 108 cm³/mol. The van der Waals surface area contributed by atoms with Gasteiger partial charge in [0.25, 0.3) is 0 Å². The molecule has 148 valence electrons. The number of aliphatic hydroxyl groups excluding tert-OH is 1. The van der Waals surface area contributed by atoms with Gasteiger partial charge in [0.15, 0.2) is 0 Å².